The van der Waals surface area contributed by atoms with Gasteiger partial charge in [0.15, 0.2) is 0 Å². The summed E-state index contributed by atoms with van der Waals surface area (Å²) >= 11 is 0. The van der Waals surface area contributed by atoms with Crippen LogP contribution in [0.15, 0.2) is 24.3 Å². The summed E-state index contributed by atoms with van der Waals surface area (Å²) in [4.78, 5) is 7.87. The van der Waals surface area contributed by atoms with Crippen LogP contribution in [0.4, 0.5) is 24.9 Å². The zero-order chi connectivity index (χ0) is 18.1. The van der Waals surface area contributed by atoms with Crippen LogP contribution < -0.4 is 11.5 Å². The molecular weight excluding hydrogens is 317 g/mol. The number of rotatable bonds is 1. The van der Waals surface area contributed by atoms with Crippen LogP contribution in [-0.2, 0) is 11.6 Å². The van der Waals surface area contributed by atoms with E-state index in [9.17, 15) is 13.2 Å². The molecule has 0 aliphatic rings. The third-order valence-electron chi connectivity index (χ3n) is 3.57. The van der Waals surface area contributed by atoms with Crippen molar-refractivity contribution in [3.05, 3.63) is 46.6 Å². The summed E-state index contributed by atoms with van der Waals surface area (Å²) in [6.45, 7) is 5.34. The molecule has 0 amide bonds. The van der Waals surface area contributed by atoms with Crippen molar-refractivity contribution < 1.29 is 13.2 Å². The third kappa shape index (κ3) is 3.77. The number of alkyl halides is 3. The molecule has 0 radical (unpaired) electrons. The van der Waals surface area contributed by atoms with Gasteiger partial charge in [-0.3, -0.25) is 0 Å². The van der Waals surface area contributed by atoms with E-state index in [0.29, 0.717) is 16.8 Å². The van der Waals surface area contributed by atoms with Crippen molar-refractivity contribution in [1.82, 2.24) is 9.97 Å². The smallest absolute Gasteiger partial charge is 0.382 e. The average molecular weight is 334 g/mol. The molecule has 2 aromatic rings. The molecule has 0 atom stereocenters. The molecule has 1 heterocycles. The van der Waals surface area contributed by atoms with Crippen molar-refractivity contribution >= 4 is 11.8 Å². The van der Waals surface area contributed by atoms with Gasteiger partial charge in [-0.05, 0) is 38.5 Å². The van der Waals surface area contributed by atoms with E-state index in [2.05, 4.69) is 21.8 Å². The van der Waals surface area contributed by atoms with Gasteiger partial charge in [0.05, 0.1) is 22.2 Å². The summed E-state index contributed by atoms with van der Waals surface area (Å²) in [5.41, 5.74) is 11.6. The van der Waals surface area contributed by atoms with Crippen LogP contribution in [0.5, 0.6) is 0 Å². The highest BCUT2D eigenvalue weighted by Crippen LogP contribution is 2.31. The minimum Gasteiger partial charge on any atom is -0.382 e. The zero-order valence-electron chi connectivity index (χ0n) is 13.5. The summed E-state index contributed by atoms with van der Waals surface area (Å²) in [5.74, 6) is 6.18. The first-order chi connectivity index (χ1) is 11.0. The van der Waals surface area contributed by atoms with Gasteiger partial charge in [-0.2, -0.15) is 18.2 Å². The molecule has 0 saturated heterocycles. The van der Waals surface area contributed by atoms with Crippen molar-refractivity contribution in [3.63, 3.8) is 0 Å². The molecule has 0 spiro atoms. The molecule has 4 N–H and O–H groups in total. The van der Waals surface area contributed by atoms with Gasteiger partial charge in [0.2, 0.25) is 5.95 Å². The Bertz CT molecular complexity index is 789. The zero-order valence-corrected chi connectivity index (χ0v) is 13.5. The second kappa shape index (κ2) is 6.04. The number of nitrogens with zero attached hydrogens (tertiary/aromatic N) is 2. The number of anilines is 2. The van der Waals surface area contributed by atoms with E-state index in [1.54, 1.807) is 6.92 Å². The average Bonchev–Trinajstić information content (AvgIpc) is 2.45. The predicted octanol–water partition coefficient (Wildman–Crippen LogP) is 3.30. The molecule has 2 rings (SSSR count). The van der Waals surface area contributed by atoms with Gasteiger partial charge >= 0.3 is 6.18 Å². The lowest BCUT2D eigenvalue weighted by molar-refractivity contribution is -0.137. The van der Waals surface area contributed by atoms with Crippen LogP contribution in [-0.4, -0.2) is 9.97 Å². The van der Waals surface area contributed by atoms with Crippen LogP contribution in [0.2, 0.25) is 0 Å². The number of aryl methyl sites for hydroxylation is 1. The van der Waals surface area contributed by atoms with Crippen molar-refractivity contribution in [1.29, 1.82) is 0 Å². The number of nitrogen functional groups attached to an aromatic ring is 2. The van der Waals surface area contributed by atoms with Gasteiger partial charge in [-0.25, -0.2) is 4.98 Å². The fourth-order valence-electron chi connectivity index (χ4n) is 2.14. The van der Waals surface area contributed by atoms with Gasteiger partial charge in [-0.1, -0.05) is 24.0 Å². The van der Waals surface area contributed by atoms with E-state index < -0.39 is 17.2 Å². The minimum atomic E-state index is -4.36. The molecule has 0 unspecified atom stereocenters. The molecule has 0 fully saturated rings. The molecule has 1 aromatic carbocycles. The van der Waals surface area contributed by atoms with Crippen molar-refractivity contribution in [2.75, 3.05) is 11.5 Å². The Morgan fingerprint density at radius 1 is 0.958 bits per heavy atom. The monoisotopic (exact) mass is 334 g/mol. The normalized spacial score (nSPS) is 11.8. The second-order valence-corrected chi connectivity index (χ2v) is 5.88. The SMILES string of the molecule is Cc1nc(N)nc(N)c1C#CC(C)(C)c1ccc(C(F)(F)F)cc1. The van der Waals surface area contributed by atoms with Crippen molar-refractivity contribution in [2.45, 2.75) is 32.4 Å². The first-order valence-corrected chi connectivity index (χ1v) is 7.11. The van der Waals surface area contributed by atoms with Crippen LogP contribution in [0.3, 0.4) is 0 Å². The number of hydrogen-bond donors (Lipinski definition) is 2. The van der Waals surface area contributed by atoms with Crippen LogP contribution in [0.1, 0.15) is 36.2 Å². The largest absolute Gasteiger partial charge is 0.416 e. The van der Waals surface area contributed by atoms with E-state index in [1.165, 1.54) is 12.1 Å². The minimum absolute atomic E-state index is 0.0672. The maximum Gasteiger partial charge on any atom is 0.416 e. The maximum atomic E-state index is 12.6. The first kappa shape index (κ1) is 17.6. The van der Waals surface area contributed by atoms with Gasteiger partial charge in [-0.15, -0.1) is 0 Å². The predicted molar refractivity (Wildman–Crippen MR) is 86.9 cm³/mol. The van der Waals surface area contributed by atoms with Crippen LogP contribution >= 0.6 is 0 Å². The molecule has 126 valence electrons. The van der Waals surface area contributed by atoms with Gasteiger partial charge in [0, 0.05) is 0 Å². The summed E-state index contributed by atoms with van der Waals surface area (Å²) in [5, 5.41) is 0. The standard InChI is InChI=1S/C17H17F3N4/c1-10-13(14(21)24-15(22)23-10)8-9-16(2,3)11-4-6-12(7-5-11)17(18,19)20/h4-7H,1-3H3,(H4,21,22,23,24). The lowest BCUT2D eigenvalue weighted by Crippen LogP contribution is -2.15. The Kier molecular flexibility index (Phi) is 4.43. The number of benzene rings is 1. The molecule has 1 aromatic heterocycles. The molecule has 0 aliphatic heterocycles. The third-order valence-corrected chi connectivity index (χ3v) is 3.57. The molecule has 0 saturated carbocycles. The van der Waals surface area contributed by atoms with Crippen LogP contribution in [0, 0.1) is 18.8 Å². The highest BCUT2D eigenvalue weighted by molar-refractivity contribution is 5.56. The summed E-state index contributed by atoms with van der Waals surface area (Å²) in [6, 6.07) is 4.94. The molecular formula is C17H17F3N4. The van der Waals surface area contributed by atoms with E-state index in [-0.39, 0.29) is 11.8 Å². The summed E-state index contributed by atoms with van der Waals surface area (Å²) in [7, 11) is 0. The Balaban J connectivity index is 2.36. The van der Waals surface area contributed by atoms with Gasteiger partial charge in [0.1, 0.15) is 5.82 Å². The fraction of sp³-hybridized carbons (Fsp3) is 0.294. The van der Waals surface area contributed by atoms with E-state index in [0.717, 1.165) is 12.1 Å². The highest BCUT2D eigenvalue weighted by atomic mass is 19.4. The topological polar surface area (TPSA) is 77.8 Å². The quantitative estimate of drug-likeness (QED) is 0.785. The maximum absolute atomic E-state index is 12.6. The molecule has 0 aliphatic carbocycles. The van der Waals surface area contributed by atoms with E-state index in [1.807, 2.05) is 13.8 Å². The fourth-order valence-corrected chi connectivity index (χ4v) is 2.14. The lowest BCUT2D eigenvalue weighted by Gasteiger charge is -2.19. The molecule has 24 heavy (non-hydrogen) atoms. The Labute approximate surface area is 138 Å². The van der Waals surface area contributed by atoms with E-state index >= 15 is 0 Å². The first-order valence-electron chi connectivity index (χ1n) is 7.11. The van der Waals surface area contributed by atoms with Gasteiger partial charge < -0.3 is 11.5 Å². The number of hydrogen-bond acceptors (Lipinski definition) is 4. The summed E-state index contributed by atoms with van der Waals surface area (Å²) in [6.07, 6.45) is -4.36. The van der Waals surface area contributed by atoms with E-state index in [4.69, 9.17) is 11.5 Å². The Morgan fingerprint density at radius 3 is 2.00 bits per heavy atom. The van der Waals surface area contributed by atoms with Crippen LogP contribution in [0.25, 0.3) is 0 Å². The number of halogens is 3. The number of nitrogens with two attached hydrogens (primary N) is 2. The van der Waals surface area contributed by atoms with Crippen molar-refractivity contribution in [3.8, 4) is 11.8 Å². The van der Waals surface area contributed by atoms with Crippen molar-refractivity contribution in [2.24, 2.45) is 0 Å². The van der Waals surface area contributed by atoms with Gasteiger partial charge in [0.25, 0.3) is 0 Å². The molecule has 4 nitrogen and oxygen atoms in total. The molecule has 0 bridgehead atoms. The Hall–Kier alpha value is -2.75. The molecule has 7 heteroatoms. The second-order valence-electron chi connectivity index (χ2n) is 5.88. The Morgan fingerprint density at radius 2 is 1.50 bits per heavy atom. The number of aromatic nitrogens is 2. The highest BCUT2D eigenvalue weighted by Gasteiger charge is 2.30. The lowest BCUT2D eigenvalue weighted by atomic mass is 9.84. The summed E-state index contributed by atoms with van der Waals surface area (Å²) < 4.78 is 37.9.